The second-order valence-electron chi connectivity index (χ2n) is 8.09. The fourth-order valence-corrected chi connectivity index (χ4v) is 4.97. The third-order valence-corrected chi connectivity index (χ3v) is 6.87. The highest BCUT2D eigenvalue weighted by molar-refractivity contribution is 7.09. The smallest absolute Gasteiger partial charge is 0.270 e. The van der Waals surface area contributed by atoms with Crippen molar-refractivity contribution in [2.45, 2.75) is 44.3 Å². The van der Waals surface area contributed by atoms with Crippen molar-refractivity contribution in [1.29, 1.82) is 0 Å². The Bertz CT molecular complexity index is 1170. The number of nitrogens with one attached hydrogen (secondary N) is 1. The second kappa shape index (κ2) is 10.3. The number of amides is 3. The molecule has 0 aliphatic heterocycles. The van der Waals surface area contributed by atoms with E-state index in [-0.39, 0.29) is 34.8 Å². The first-order valence-corrected chi connectivity index (χ1v) is 11.9. The molecular weight excluding hydrogens is 478 g/mol. The largest absolute Gasteiger partial charge is 0.467 e. The van der Waals surface area contributed by atoms with E-state index in [9.17, 15) is 14.4 Å². The third kappa shape index (κ3) is 5.07. The van der Waals surface area contributed by atoms with Gasteiger partial charge in [-0.3, -0.25) is 14.4 Å². The molecule has 1 saturated carbocycles. The lowest BCUT2D eigenvalue weighted by Gasteiger charge is -2.31. The number of aromatic nitrogens is 1. The number of carbonyl (C=O) groups excluding carboxylic acids is 3. The maximum absolute atomic E-state index is 13.8. The van der Waals surface area contributed by atoms with Gasteiger partial charge in [0.15, 0.2) is 5.69 Å². The average Bonchev–Trinajstić information content (AvgIpc) is 3.57. The highest BCUT2D eigenvalue weighted by Gasteiger charge is 2.36. The topological polar surface area (TPSA) is 145 Å². The van der Waals surface area contributed by atoms with Crippen molar-refractivity contribution in [3.8, 4) is 0 Å². The van der Waals surface area contributed by atoms with Crippen molar-refractivity contribution in [3.63, 3.8) is 0 Å². The van der Waals surface area contributed by atoms with Crippen LogP contribution in [0.2, 0.25) is 5.02 Å². The second-order valence-corrected chi connectivity index (χ2v) is 9.30. The minimum Gasteiger partial charge on any atom is -0.467 e. The van der Waals surface area contributed by atoms with E-state index < -0.39 is 17.9 Å². The van der Waals surface area contributed by atoms with Crippen molar-refractivity contribution < 1.29 is 18.8 Å². The summed E-state index contributed by atoms with van der Waals surface area (Å²) in [5, 5.41) is 3.58. The van der Waals surface area contributed by atoms with Gasteiger partial charge in [0.05, 0.1) is 18.5 Å². The lowest BCUT2D eigenvalue weighted by molar-refractivity contribution is -0.126. The minimum absolute atomic E-state index is 0.0134. The van der Waals surface area contributed by atoms with Crippen LogP contribution in [0.1, 0.15) is 63.2 Å². The van der Waals surface area contributed by atoms with Crippen LogP contribution >= 0.6 is 23.1 Å². The number of hydrogen-bond acceptors (Lipinski definition) is 7. The molecule has 3 amide bonds. The molecule has 9 nitrogen and oxygen atoms in total. The van der Waals surface area contributed by atoms with Gasteiger partial charge in [0.25, 0.3) is 11.8 Å². The lowest BCUT2D eigenvalue weighted by Crippen LogP contribution is -2.45. The Morgan fingerprint density at radius 2 is 1.91 bits per heavy atom. The third-order valence-electron chi connectivity index (χ3n) is 5.77. The molecule has 3 aromatic rings. The van der Waals surface area contributed by atoms with Crippen LogP contribution in [0.15, 0.2) is 47.1 Å². The highest BCUT2D eigenvalue weighted by atomic mass is 35.5. The summed E-state index contributed by atoms with van der Waals surface area (Å²) in [6.07, 6.45) is 5.34. The van der Waals surface area contributed by atoms with Gasteiger partial charge in [0, 0.05) is 11.1 Å². The predicted octanol–water partition coefficient (Wildman–Crippen LogP) is 3.51. The van der Waals surface area contributed by atoms with Crippen molar-refractivity contribution in [2.75, 3.05) is 5.73 Å². The fourth-order valence-electron chi connectivity index (χ4n) is 4.08. The van der Waals surface area contributed by atoms with E-state index in [1.54, 1.807) is 36.4 Å². The molecule has 178 valence electrons. The van der Waals surface area contributed by atoms with E-state index >= 15 is 0 Å². The maximum atomic E-state index is 13.8. The van der Waals surface area contributed by atoms with Gasteiger partial charge in [0.2, 0.25) is 5.91 Å². The number of anilines is 1. The number of nitrogen functional groups attached to an aromatic ring is 1. The summed E-state index contributed by atoms with van der Waals surface area (Å²) in [5.74, 6) is -1.26. The number of primary amides is 1. The van der Waals surface area contributed by atoms with Crippen LogP contribution < -0.4 is 16.8 Å². The molecule has 0 radical (unpaired) electrons. The van der Waals surface area contributed by atoms with Gasteiger partial charge in [-0.2, -0.15) is 4.37 Å². The number of carbonyl (C=O) groups is 3. The first kappa shape index (κ1) is 23.8. The van der Waals surface area contributed by atoms with E-state index in [0.717, 1.165) is 37.2 Å². The Morgan fingerprint density at radius 3 is 2.50 bits per heavy atom. The average molecular weight is 502 g/mol. The summed E-state index contributed by atoms with van der Waals surface area (Å²) in [6.45, 7) is -0.0134. The van der Waals surface area contributed by atoms with Crippen LogP contribution in [0.25, 0.3) is 0 Å². The summed E-state index contributed by atoms with van der Waals surface area (Å²) in [4.78, 5) is 40.4. The number of nitrogens with two attached hydrogens (primary N) is 2. The molecule has 0 saturated heterocycles. The zero-order valence-corrected chi connectivity index (χ0v) is 19.8. The summed E-state index contributed by atoms with van der Waals surface area (Å²) >= 11 is 6.84. The number of halogens is 1. The van der Waals surface area contributed by atoms with Crippen LogP contribution in [0.3, 0.4) is 0 Å². The number of benzene rings is 1. The molecule has 1 atom stereocenters. The van der Waals surface area contributed by atoms with Crippen molar-refractivity contribution in [1.82, 2.24) is 14.6 Å². The van der Waals surface area contributed by atoms with Gasteiger partial charge < -0.3 is 26.1 Å². The lowest BCUT2D eigenvalue weighted by atomic mass is 10.0. The molecular formula is C23H24ClN5O4S. The van der Waals surface area contributed by atoms with Crippen molar-refractivity contribution >= 4 is 46.5 Å². The Labute approximate surface area is 205 Å². The molecule has 1 fully saturated rings. The van der Waals surface area contributed by atoms with Gasteiger partial charge in [0.1, 0.15) is 16.7 Å². The molecule has 0 spiro atoms. The Morgan fingerprint density at radius 1 is 1.21 bits per heavy atom. The van der Waals surface area contributed by atoms with Gasteiger partial charge in [-0.15, -0.1) is 0 Å². The summed E-state index contributed by atoms with van der Waals surface area (Å²) in [5.41, 5.74) is 11.6. The van der Waals surface area contributed by atoms with Crippen LogP contribution in [0.4, 0.5) is 5.69 Å². The predicted molar refractivity (Wildman–Crippen MR) is 128 cm³/mol. The zero-order chi connectivity index (χ0) is 24.2. The first-order chi connectivity index (χ1) is 16.3. The molecule has 11 heteroatoms. The molecule has 5 N–H and O–H groups in total. The van der Waals surface area contributed by atoms with Gasteiger partial charge in [-0.1, -0.05) is 36.6 Å². The standard InChI is InChI=1S/C23H24ClN5O4S/c24-14-9-7-13(8-10-14)19(22(31)27-15-4-1-2-5-15)29(12-16-6-3-11-33-16)23(32)20-17(25)18(21(26)30)28-34-20/h3,6-11,15,19H,1-2,4-5,12,25H2,(H2,26,30)(H,27,31). The molecule has 4 rings (SSSR count). The number of rotatable bonds is 8. The Balaban J connectivity index is 1.76. The van der Waals surface area contributed by atoms with E-state index in [4.69, 9.17) is 27.5 Å². The SMILES string of the molecule is NC(=O)c1nsc(C(=O)N(Cc2ccco2)C(C(=O)NC2CCCC2)c2ccc(Cl)cc2)c1N. The number of hydrogen-bond donors (Lipinski definition) is 3. The summed E-state index contributed by atoms with van der Waals surface area (Å²) < 4.78 is 9.42. The van der Waals surface area contributed by atoms with E-state index in [2.05, 4.69) is 9.69 Å². The molecule has 1 unspecified atom stereocenters. The first-order valence-electron chi connectivity index (χ1n) is 10.8. The fraction of sp³-hybridized carbons (Fsp3) is 0.304. The Kier molecular flexibility index (Phi) is 7.18. The van der Waals surface area contributed by atoms with Crippen LogP contribution in [-0.2, 0) is 11.3 Å². The molecule has 1 aliphatic rings. The van der Waals surface area contributed by atoms with Crippen LogP contribution in [-0.4, -0.2) is 33.0 Å². The minimum atomic E-state index is -1.01. The molecule has 2 aromatic heterocycles. The zero-order valence-electron chi connectivity index (χ0n) is 18.2. The highest BCUT2D eigenvalue weighted by Crippen LogP contribution is 2.31. The van der Waals surface area contributed by atoms with Crippen molar-refractivity contribution in [3.05, 3.63) is 69.6 Å². The molecule has 34 heavy (non-hydrogen) atoms. The summed E-state index contributed by atoms with van der Waals surface area (Å²) in [6, 6.07) is 9.16. The van der Waals surface area contributed by atoms with Crippen molar-refractivity contribution in [2.24, 2.45) is 5.73 Å². The van der Waals surface area contributed by atoms with E-state index in [1.165, 1.54) is 11.2 Å². The molecule has 1 aliphatic carbocycles. The van der Waals surface area contributed by atoms with Gasteiger partial charge in [-0.25, -0.2) is 0 Å². The quantitative estimate of drug-likeness (QED) is 0.430. The number of furan rings is 1. The van der Waals surface area contributed by atoms with Gasteiger partial charge in [-0.05, 0) is 54.2 Å². The number of nitrogens with zero attached hydrogens (tertiary/aromatic N) is 2. The summed E-state index contributed by atoms with van der Waals surface area (Å²) in [7, 11) is 0. The maximum Gasteiger partial charge on any atom is 0.270 e. The molecule has 2 heterocycles. The van der Waals surface area contributed by atoms with Crippen LogP contribution in [0.5, 0.6) is 0 Å². The van der Waals surface area contributed by atoms with E-state index in [0.29, 0.717) is 16.3 Å². The van der Waals surface area contributed by atoms with Gasteiger partial charge >= 0.3 is 0 Å². The molecule has 0 bridgehead atoms. The van der Waals surface area contributed by atoms with Crippen LogP contribution in [0, 0.1) is 0 Å². The Hall–Kier alpha value is -3.37. The molecule has 1 aromatic carbocycles. The normalized spacial score (nSPS) is 14.6. The monoisotopic (exact) mass is 501 g/mol. The van der Waals surface area contributed by atoms with E-state index in [1.807, 2.05) is 0 Å².